The van der Waals surface area contributed by atoms with Crippen LogP contribution in [0.1, 0.15) is 52.0 Å². The van der Waals surface area contributed by atoms with Gasteiger partial charge in [-0.05, 0) is 70.0 Å². The Labute approximate surface area is 206 Å². The first kappa shape index (κ1) is 20.7. The molecule has 5 fully saturated rings. The van der Waals surface area contributed by atoms with Crippen molar-refractivity contribution in [2.24, 2.45) is 23.2 Å². The van der Waals surface area contributed by atoms with E-state index in [0.29, 0.717) is 12.0 Å². The summed E-state index contributed by atoms with van der Waals surface area (Å²) in [7, 11) is 0. The first-order valence-electron chi connectivity index (χ1n) is 11.9. The molecule has 9 heteroatoms. The van der Waals surface area contributed by atoms with Gasteiger partial charge in [-0.15, -0.1) is 0 Å². The standard InChI is InChI=1S/C23H30IN5O2S/c1-22(2)30-17-16(13-8-23(13,9-32-3)18(17)31-22)29-10-25-15-19(27-21(24)28-20(15)29)26-14(11-4-5-11)12-6-7-12/h10-14,16-18H,4-9H2,1-3H3,(H,26,27,28)/t13-,16-,17+,18+,23+/m1/s1. The highest BCUT2D eigenvalue weighted by atomic mass is 127. The largest absolute Gasteiger partial charge is 0.365 e. The molecule has 0 bridgehead atoms. The van der Waals surface area contributed by atoms with Crippen LogP contribution in [0.2, 0.25) is 0 Å². The van der Waals surface area contributed by atoms with Gasteiger partial charge in [0.1, 0.15) is 6.10 Å². The van der Waals surface area contributed by atoms with Crippen LogP contribution in [0.15, 0.2) is 6.33 Å². The molecule has 1 saturated heterocycles. The molecule has 172 valence electrons. The van der Waals surface area contributed by atoms with Crippen LogP contribution in [0, 0.1) is 27.0 Å². The lowest BCUT2D eigenvalue weighted by atomic mass is 10.0. The molecule has 7 rings (SSSR count). The molecule has 5 atom stereocenters. The highest BCUT2D eigenvalue weighted by molar-refractivity contribution is 14.1. The molecule has 0 unspecified atom stereocenters. The van der Waals surface area contributed by atoms with E-state index in [0.717, 1.165) is 38.4 Å². The van der Waals surface area contributed by atoms with Gasteiger partial charge in [0.25, 0.3) is 0 Å². The summed E-state index contributed by atoms with van der Waals surface area (Å²) in [6.45, 7) is 4.09. The number of fused-ring (bicyclic) bond motifs is 4. The average molecular weight is 567 g/mol. The van der Waals surface area contributed by atoms with E-state index in [2.05, 4.69) is 38.7 Å². The van der Waals surface area contributed by atoms with Crippen molar-refractivity contribution in [3.8, 4) is 0 Å². The molecule has 4 saturated carbocycles. The van der Waals surface area contributed by atoms with Crippen LogP contribution < -0.4 is 5.32 Å². The molecule has 2 aromatic heterocycles. The van der Waals surface area contributed by atoms with Crippen molar-refractivity contribution in [1.29, 1.82) is 0 Å². The third-order valence-electron chi connectivity index (χ3n) is 8.31. The minimum atomic E-state index is -0.541. The lowest BCUT2D eigenvalue weighted by Crippen LogP contribution is -2.32. The van der Waals surface area contributed by atoms with Gasteiger partial charge < -0.3 is 19.4 Å². The smallest absolute Gasteiger partial charge is 0.194 e. The van der Waals surface area contributed by atoms with Crippen molar-refractivity contribution in [2.45, 2.75) is 76.0 Å². The zero-order chi connectivity index (χ0) is 21.8. The fourth-order valence-electron chi connectivity index (χ4n) is 6.62. The average Bonchev–Trinajstić information content (AvgIpc) is 3.64. The van der Waals surface area contributed by atoms with Crippen LogP contribution in [0.4, 0.5) is 5.82 Å². The molecular formula is C23H30IN5O2S. The summed E-state index contributed by atoms with van der Waals surface area (Å²) in [4.78, 5) is 14.5. The minimum Gasteiger partial charge on any atom is -0.365 e. The van der Waals surface area contributed by atoms with Crippen molar-refractivity contribution >= 4 is 51.3 Å². The lowest BCUT2D eigenvalue weighted by Gasteiger charge is -2.24. The van der Waals surface area contributed by atoms with E-state index in [1.54, 1.807) is 0 Å². The van der Waals surface area contributed by atoms with Gasteiger partial charge in [-0.3, -0.25) is 0 Å². The van der Waals surface area contributed by atoms with E-state index in [4.69, 9.17) is 24.4 Å². The predicted molar refractivity (Wildman–Crippen MR) is 133 cm³/mol. The fourth-order valence-corrected chi connectivity index (χ4v) is 8.12. The molecule has 0 spiro atoms. The van der Waals surface area contributed by atoms with Crippen LogP contribution in [0.5, 0.6) is 0 Å². The zero-order valence-corrected chi connectivity index (χ0v) is 21.7. The molecule has 1 aliphatic heterocycles. The van der Waals surface area contributed by atoms with Gasteiger partial charge in [-0.1, -0.05) is 0 Å². The minimum absolute atomic E-state index is 0.0445. The lowest BCUT2D eigenvalue weighted by molar-refractivity contribution is -0.160. The summed E-state index contributed by atoms with van der Waals surface area (Å²) in [6.07, 6.45) is 10.9. The number of rotatable bonds is 7. The highest BCUT2D eigenvalue weighted by Gasteiger charge is 2.75. The van der Waals surface area contributed by atoms with Crippen LogP contribution in [0.3, 0.4) is 0 Å². The summed E-state index contributed by atoms with van der Waals surface area (Å²) < 4.78 is 16.0. The summed E-state index contributed by atoms with van der Waals surface area (Å²) in [5.74, 6) is 3.63. The van der Waals surface area contributed by atoms with Crippen molar-refractivity contribution in [3.63, 3.8) is 0 Å². The molecule has 1 N–H and O–H groups in total. The third kappa shape index (κ3) is 3.09. The van der Waals surface area contributed by atoms with E-state index >= 15 is 0 Å². The number of hydrogen-bond donors (Lipinski definition) is 1. The first-order valence-corrected chi connectivity index (χ1v) is 14.4. The Morgan fingerprint density at radius 2 is 1.97 bits per heavy atom. The number of imidazole rings is 1. The predicted octanol–water partition coefficient (Wildman–Crippen LogP) is 4.48. The monoisotopic (exact) mass is 567 g/mol. The normalized spacial score (nSPS) is 37.2. The van der Waals surface area contributed by atoms with Crippen LogP contribution in [-0.2, 0) is 9.47 Å². The Hall–Kier alpha value is -0.650. The number of nitrogens with zero attached hydrogens (tertiary/aromatic N) is 4. The third-order valence-corrected chi connectivity index (χ3v) is 9.62. The van der Waals surface area contributed by atoms with Crippen LogP contribution in [0.25, 0.3) is 11.2 Å². The fraction of sp³-hybridized carbons (Fsp3) is 0.783. The Bertz CT molecular complexity index is 1070. The Balaban J connectivity index is 1.28. The molecular weight excluding hydrogens is 537 g/mol. The van der Waals surface area contributed by atoms with E-state index in [1.807, 2.05) is 31.9 Å². The first-order chi connectivity index (χ1) is 15.4. The molecule has 4 aliphatic carbocycles. The van der Waals surface area contributed by atoms with Crippen molar-refractivity contribution < 1.29 is 9.47 Å². The van der Waals surface area contributed by atoms with Gasteiger partial charge in [-0.25, -0.2) is 15.0 Å². The van der Waals surface area contributed by atoms with E-state index < -0.39 is 5.79 Å². The quantitative estimate of drug-likeness (QED) is 0.391. The number of anilines is 1. The maximum atomic E-state index is 6.49. The second kappa shape index (κ2) is 6.95. The number of hydrogen-bond acceptors (Lipinski definition) is 7. The van der Waals surface area contributed by atoms with Crippen molar-refractivity contribution in [2.75, 3.05) is 17.3 Å². The maximum absolute atomic E-state index is 6.49. The molecule has 0 aromatic carbocycles. The second-order valence-corrected chi connectivity index (χ2v) is 12.8. The Morgan fingerprint density at radius 1 is 1.22 bits per heavy atom. The van der Waals surface area contributed by atoms with Gasteiger partial charge in [0.05, 0.1) is 18.5 Å². The SMILES string of the molecule is CSC[C@@]12C[C@@H]1[C@@H](n1cnc3c(NC(C4CC4)C4CC4)nc(I)nc31)[C@@H]1OC(C)(C)O[C@@H]12. The second-order valence-electron chi connectivity index (χ2n) is 11.0. The number of nitrogens with one attached hydrogen (secondary N) is 1. The van der Waals surface area contributed by atoms with Crippen LogP contribution in [-0.4, -0.2) is 55.6 Å². The van der Waals surface area contributed by atoms with Gasteiger partial charge in [0.15, 0.2) is 26.6 Å². The highest BCUT2D eigenvalue weighted by Crippen LogP contribution is 2.72. The summed E-state index contributed by atoms with van der Waals surface area (Å²) in [6, 6.07) is 0.745. The van der Waals surface area contributed by atoms with Gasteiger partial charge in [-0.2, -0.15) is 11.8 Å². The van der Waals surface area contributed by atoms with E-state index in [-0.39, 0.29) is 23.7 Å². The number of halogens is 1. The molecule has 0 radical (unpaired) electrons. The summed E-state index contributed by atoms with van der Waals surface area (Å²) in [5.41, 5.74) is 2.04. The number of ether oxygens (including phenoxy) is 2. The summed E-state index contributed by atoms with van der Waals surface area (Å²) in [5, 5.41) is 3.81. The van der Waals surface area contributed by atoms with Crippen molar-refractivity contribution in [1.82, 2.24) is 19.5 Å². The zero-order valence-electron chi connectivity index (χ0n) is 18.8. The van der Waals surface area contributed by atoms with Gasteiger partial charge in [0, 0.05) is 39.8 Å². The van der Waals surface area contributed by atoms with Crippen molar-refractivity contribution in [3.05, 3.63) is 10.2 Å². The summed E-state index contributed by atoms with van der Waals surface area (Å²) >= 11 is 4.17. The number of aromatic nitrogens is 4. The topological polar surface area (TPSA) is 74.1 Å². The molecule has 2 aromatic rings. The maximum Gasteiger partial charge on any atom is 0.194 e. The molecule has 3 heterocycles. The molecule has 5 aliphatic rings. The Morgan fingerprint density at radius 3 is 2.66 bits per heavy atom. The van der Waals surface area contributed by atoms with E-state index in [1.165, 1.54) is 32.1 Å². The van der Waals surface area contributed by atoms with Crippen LogP contribution >= 0.6 is 34.4 Å². The molecule has 0 amide bonds. The Kier molecular flexibility index (Phi) is 4.49. The molecule has 7 nitrogen and oxygen atoms in total. The van der Waals surface area contributed by atoms with E-state index in [9.17, 15) is 0 Å². The number of thioether (sulfide) groups is 1. The molecule has 32 heavy (non-hydrogen) atoms. The van der Waals surface area contributed by atoms with Gasteiger partial charge >= 0.3 is 0 Å². The van der Waals surface area contributed by atoms with Gasteiger partial charge in [0.2, 0.25) is 0 Å².